The molecule has 0 radical (unpaired) electrons. The second-order valence-corrected chi connectivity index (χ2v) is 3.07. The van der Waals surface area contributed by atoms with Crippen molar-refractivity contribution in [3.63, 3.8) is 0 Å². The smallest absolute Gasteiger partial charge is 0.417 e. The predicted molar refractivity (Wildman–Crippen MR) is 46.9 cm³/mol. The van der Waals surface area contributed by atoms with Crippen molar-refractivity contribution in [2.75, 3.05) is 0 Å². The van der Waals surface area contributed by atoms with Crippen LogP contribution in [0.4, 0.5) is 17.6 Å². The SMILES string of the molecule is Fc1ncc(C(F)(F)F)cc1-c1ccoc1. The van der Waals surface area contributed by atoms with E-state index in [0.717, 1.165) is 6.26 Å². The monoisotopic (exact) mass is 231 g/mol. The standard InChI is InChI=1S/C10H5F4NO/c11-9-8(6-1-2-16-5-6)3-7(4-15-9)10(12,13)14/h1-5H. The van der Waals surface area contributed by atoms with E-state index in [1.165, 1.54) is 12.3 Å². The quantitative estimate of drug-likeness (QED) is 0.554. The molecule has 2 aromatic rings. The lowest BCUT2D eigenvalue weighted by Crippen LogP contribution is -2.06. The van der Waals surface area contributed by atoms with Gasteiger partial charge in [-0.1, -0.05) is 0 Å². The van der Waals surface area contributed by atoms with Crippen LogP contribution in [0.2, 0.25) is 0 Å². The molecular formula is C10H5F4NO. The zero-order valence-electron chi connectivity index (χ0n) is 7.75. The molecule has 2 rings (SSSR count). The molecule has 0 atom stereocenters. The Morgan fingerprint density at radius 1 is 1.25 bits per heavy atom. The predicted octanol–water partition coefficient (Wildman–Crippen LogP) is 3.50. The van der Waals surface area contributed by atoms with Crippen molar-refractivity contribution in [2.45, 2.75) is 6.18 Å². The summed E-state index contributed by atoms with van der Waals surface area (Å²) in [6.07, 6.45) is -1.69. The normalized spacial score (nSPS) is 11.8. The molecule has 2 nitrogen and oxygen atoms in total. The van der Waals surface area contributed by atoms with Gasteiger partial charge in [0.1, 0.15) is 0 Å². The van der Waals surface area contributed by atoms with Crippen molar-refractivity contribution in [3.8, 4) is 11.1 Å². The maximum atomic E-state index is 13.2. The maximum absolute atomic E-state index is 13.2. The summed E-state index contributed by atoms with van der Waals surface area (Å²) in [6.45, 7) is 0. The summed E-state index contributed by atoms with van der Waals surface area (Å²) in [4.78, 5) is 3.07. The van der Waals surface area contributed by atoms with Gasteiger partial charge in [-0.2, -0.15) is 17.6 Å². The highest BCUT2D eigenvalue weighted by Crippen LogP contribution is 2.32. The lowest BCUT2D eigenvalue weighted by Gasteiger charge is -2.07. The number of aromatic nitrogens is 1. The van der Waals surface area contributed by atoms with Gasteiger partial charge in [-0.25, -0.2) is 4.98 Å². The summed E-state index contributed by atoms with van der Waals surface area (Å²) in [5, 5.41) is 0. The van der Waals surface area contributed by atoms with Crippen molar-refractivity contribution in [1.82, 2.24) is 4.98 Å². The van der Waals surface area contributed by atoms with Crippen LogP contribution in [0.25, 0.3) is 11.1 Å². The van der Waals surface area contributed by atoms with Crippen molar-refractivity contribution in [1.29, 1.82) is 0 Å². The van der Waals surface area contributed by atoms with Crippen molar-refractivity contribution in [3.05, 3.63) is 42.4 Å². The lowest BCUT2D eigenvalue weighted by molar-refractivity contribution is -0.137. The number of pyridine rings is 1. The Kier molecular flexibility index (Phi) is 2.41. The Labute approximate surface area is 87.5 Å². The highest BCUT2D eigenvalue weighted by Gasteiger charge is 2.32. The van der Waals surface area contributed by atoms with Crippen LogP contribution >= 0.6 is 0 Å². The van der Waals surface area contributed by atoms with Gasteiger partial charge < -0.3 is 4.42 Å². The number of alkyl halides is 3. The molecule has 0 spiro atoms. The van der Waals surface area contributed by atoms with Crippen LogP contribution in [-0.2, 0) is 6.18 Å². The van der Waals surface area contributed by atoms with Crippen LogP contribution in [0, 0.1) is 5.95 Å². The highest BCUT2D eigenvalue weighted by atomic mass is 19.4. The van der Waals surface area contributed by atoms with E-state index in [9.17, 15) is 17.6 Å². The number of hydrogen-bond donors (Lipinski definition) is 0. The summed E-state index contributed by atoms with van der Waals surface area (Å²) in [7, 11) is 0. The fourth-order valence-corrected chi connectivity index (χ4v) is 1.22. The van der Waals surface area contributed by atoms with E-state index in [4.69, 9.17) is 0 Å². The van der Waals surface area contributed by atoms with Gasteiger partial charge in [0.05, 0.1) is 18.1 Å². The third-order valence-corrected chi connectivity index (χ3v) is 2.00. The Balaban J connectivity index is 2.54. The van der Waals surface area contributed by atoms with Gasteiger partial charge in [0.15, 0.2) is 0 Å². The van der Waals surface area contributed by atoms with Gasteiger partial charge in [-0.05, 0) is 12.1 Å². The second kappa shape index (κ2) is 3.62. The minimum atomic E-state index is -4.54. The maximum Gasteiger partial charge on any atom is 0.417 e. The fraction of sp³-hybridized carbons (Fsp3) is 0.100. The molecule has 84 valence electrons. The average Bonchev–Trinajstić information content (AvgIpc) is 2.69. The van der Waals surface area contributed by atoms with Crippen LogP contribution in [0.15, 0.2) is 35.3 Å². The first kappa shape index (κ1) is 10.7. The van der Waals surface area contributed by atoms with E-state index >= 15 is 0 Å². The van der Waals surface area contributed by atoms with Crippen LogP contribution in [-0.4, -0.2) is 4.98 Å². The van der Waals surface area contributed by atoms with E-state index < -0.39 is 17.7 Å². The third kappa shape index (κ3) is 1.91. The van der Waals surface area contributed by atoms with Crippen molar-refractivity contribution in [2.24, 2.45) is 0 Å². The Morgan fingerprint density at radius 2 is 2.00 bits per heavy atom. The molecule has 0 N–H and O–H groups in total. The van der Waals surface area contributed by atoms with Crippen LogP contribution in [0.5, 0.6) is 0 Å². The third-order valence-electron chi connectivity index (χ3n) is 2.00. The molecule has 0 aromatic carbocycles. The summed E-state index contributed by atoms with van der Waals surface area (Å²) in [6, 6.07) is 2.06. The lowest BCUT2D eigenvalue weighted by atomic mass is 10.1. The highest BCUT2D eigenvalue weighted by molar-refractivity contribution is 5.62. The van der Waals surface area contributed by atoms with E-state index in [-0.39, 0.29) is 11.1 Å². The van der Waals surface area contributed by atoms with Gasteiger partial charge >= 0.3 is 6.18 Å². The molecule has 0 fully saturated rings. The number of rotatable bonds is 1. The zero-order chi connectivity index (χ0) is 11.8. The van der Waals surface area contributed by atoms with Crippen LogP contribution in [0.1, 0.15) is 5.56 Å². The summed E-state index contributed by atoms with van der Waals surface area (Å²) in [5.41, 5.74) is -1.01. The van der Waals surface area contributed by atoms with Crippen molar-refractivity contribution < 1.29 is 22.0 Å². The van der Waals surface area contributed by atoms with E-state index in [0.29, 0.717) is 12.3 Å². The van der Waals surface area contributed by atoms with Crippen LogP contribution < -0.4 is 0 Å². The molecule has 0 amide bonds. The summed E-state index contributed by atoms with van der Waals surface area (Å²) >= 11 is 0. The molecule has 0 bridgehead atoms. The zero-order valence-corrected chi connectivity index (χ0v) is 7.75. The molecule has 0 saturated heterocycles. The molecule has 2 aromatic heterocycles. The molecule has 0 aliphatic rings. The molecule has 6 heteroatoms. The first-order valence-corrected chi connectivity index (χ1v) is 4.24. The van der Waals surface area contributed by atoms with Gasteiger partial charge in [0.2, 0.25) is 5.95 Å². The van der Waals surface area contributed by atoms with Crippen molar-refractivity contribution >= 4 is 0 Å². The summed E-state index contributed by atoms with van der Waals surface area (Å²) in [5.74, 6) is -0.964. The number of furan rings is 1. The molecule has 2 heterocycles. The second-order valence-electron chi connectivity index (χ2n) is 3.07. The van der Waals surface area contributed by atoms with Gasteiger partial charge in [-0.3, -0.25) is 0 Å². The van der Waals surface area contributed by atoms with E-state index in [2.05, 4.69) is 9.40 Å². The largest absolute Gasteiger partial charge is 0.472 e. The van der Waals surface area contributed by atoms with E-state index in [1.54, 1.807) is 0 Å². The molecule has 0 saturated carbocycles. The Morgan fingerprint density at radius 3 is 2.56 bits per heavy atom. The minimum Gasteiger partial charge on any atom is -0.472 e. The van der Waals surface area contributed by atoms with E-state index in [1.807, 2.05) is 0 Å². The average molecular weight is 231 g/mol. The van der Waals surface area contributed by atoms with Crippen LogP contribution in [0.3, 0.4) is 0 Å². The molecule has 0 unspecified atom stereocenters. The molecule has 16 heavy (non-hydrogen) atoms. The van der Waals surface area contributed by atoms with Gasteiger partial charge in [0.25, 0.3) is 0 Å². The first-order chi connectivity index (χ1) is 7.48. The topological polar surface area (TPSA) is 26.0 Å². The van der Waals surface area contributed by atoms with Gasteiger partial charge in [-0.15, -0.1) is 0 Å². The number of hydrogen-bond acceptors (Lipinski definition) is 2. The molecule has 0 aliphatic carbocycles. The number of halogens is 4. The Bertz CT molecular complexity index is 490. The molecular weight excluding hydrogens is 226 g/mol. The first-order valence-electron chi connectivity index (χ1n) is 4.24. The number of nitrogens with zero attached hydrogens (tertiary/aromatic N) is 1. The molecule has 0 aliphatic heterocycles. The minimum absolute atomic E-state index is 0.219. The Hall–Kier alpha value is -1.85. The summed E-state index contributed by atoms with van der Waals surface area (Å²) < 4.78 is 54.9. The van der Waals surface area contributed by atoms with Gasteiger partial charge in [0, 0.05) is 17.3 Å². The fourth-order valence-electron chi connectivity index (χ4n) is 1.22.